The first-order valence-corrected chi connectivity index (χ1v) is 10.2. The van der Waals surface area contributed by atoms with E-state index in [0.717, 1.165) is 11.4 Å². The van der Waals surface area contributed by atoms with Crippen LogP contribution in [-0.4, -0.2) is 45.0 Å². The third-order valence-electron chi connectivity index (χ3n) is 5.57. The van der Waals surface area contributed by atoms with Crippen LogP contribution >= 0.6 is 0 Å². The number of hydrogen-bond acceptors (Lipinski definition) is 6. The topological polar surface area (TPSA) is 77.2 Å². The fraction of sp³-hybridized carbons (Fsp3) is 0.200. The molecule has 1 N–H and O–H groups in total. The summed E-state index contributed by atoms with van der Waals surface area (Å²) in [7, 11) is 7.73. The molecule has 0 saturated carbocycles. The molecule has 3 aromatic rings. The van der Waals surface area contributed by atoms with E-state index in [1.807, 2.05) is 86.5 Å². The molecule has 0 aliphatic carbocycles. The predicted molar refractivity (Wildman–Crippen MR) is 124 cm³/mol. The number of carbonyl (C=O) groups is 2. The molecule has 7 nitrogen and oxygen atoms in total. The molecule has 0 bridgehead atoms. The lowest BCUT2D eigenvalue weighted by Gasteiger charge is -2.27. The van der Waals surface area contributed by atoms with Crippen LogP contribution in [0, 0.1) is 0 Å². The number of rotatable bonds is 6. The van der Waals surface area contributed by atoms with Gasteiger partial charge in [-0.1, -0.05) is 12.1 Å². The summed E-state index contributed by atoms with van der Waals surface area (Å²) < 4.78 is 5.27. The molecular weight excluding hydrogens is 406 g/mol. The summed E-state index contributed by atoms with van der Waals surface area (Å²) in [6.45, 7) is 0. The molecule has 0 fully saturated rings. The average molecular weight is 431 g/mol. The number of benzene rings is 2. The van der Waals surface area contributed by atoms with E-state index in [4.69, 9.17) is 4.42 Å². The zero-order chi connectivity index (χ0) is 23.0. The first-order chi connectivity index (χ1) is 15.3. The van der Waals surface area contributed by atoms with E-state index in [0.29, 0.717) is 11.3 Å². The number of hydrogen-bond donors (Lipinski definition) is 1. The summed E-state index contributed by atoms with van der Waals surface area (Å²) in [5.41, 5.74) is 3.23. The van der Waals surface area contributed by atoms with Crippen LogP contribution in [0.4, 0.5) is 17.1 Å². The summed E-state index contributed by atoms with van der Waals surface area (Å²) in [6, 6.07) is 17.3. The number of aliphatic hydroxyl groups is 1. The molecular formula is C25H25N3O4. The van der Waals surface area contributed by atoms with Crippen LogP contribution in [0.15, 0.2) is 82.7 Å². The Morgan fingerprint density at radius 2 is 1.47 bits per heavy atom. The monoisotopic (exact) mass is 431 g/mol. The Morgan fingerprint density at radius 1 is 0.906 bits per heavy atom. The highest BCUT2D eigenvalue weighted by Crippen LogP contribution is 2.42. The molecule has 0 spiro atoms. The second-order valence-corrected chi connectivity index (χ2v) is 8.04. The minimum Gasteiger partial charge on any atom is -0.503 e. The van der Waals surface area contributed by atoms with Gasteiger partial charge in [-0.2, -0.15) is 0 Å². The number of anilines is 3. The van der Waals surface area contributed by atoms with E-state index >= 15 is 0 Å². The summed E-state index contributed by atoms with van der Waals surface area (Å²) in [4.78, 5) is 31.8. The van der Waals surface area contributed by atoms with Crippen molar-refractivity contribution in [1.82, 2.24) is 0 Å². The molecule has 164 valence electrons. The van der Waals surface area contributed by atoms with Gasteiger partial charge in [0.15, 0.2) is 11.5 Å². The highest BCUT2D eigenvalue weighted by atomic mass is 16.3. The lowest BCUT2D eigenvalue weighted by Crippen LogP contribution is -2.31. The van der Waals surface area contributed by atoms with Gasteiger partial charge in [0, 0.05) is 45.3 Å². The number of nitrogens with zero attached hydrogens (tertiary/aromatic N) is 3. The molecule has 1 aliphatic heterocycles. The third-order valence-corrected chi connectivity index (χ3v) is 5.57. The minimum absolute atomic E-state index is 0.000704. The molecule has 1 aliphatic rings. The van der Waals surface area contributed by atoms with Crippen molar-refractivity contribution in [1.29, 1.82) is 0 Å². The van der Waals surface area contributed by atoms with Gasteiger partial charge in [-0.15, -0.1) is 0 Å². The number of amides is 1. The molecule has 4 rings (SSSR count). The lowest BCUT2D eigenvalue weighted by atomic mass is 9.94. The predicted octanol–water partition coefficient (Wildman–Crippen LogP) is 4.19. The van der Waals surface area contributed by atoms with Gasteiger partial charge in [-0.3, -0.25) is 14.5 Å². The molecule has 0 radical (unpaired) electrons. The van der Waals surface area contributed by atoms with Crippen molar-refractivity contribution in [3.8, 4) is 0 Å². The Balaban J connectivity index is 1.83. The van der Waals surface area contributed by atoms with Crippen molar-refractivity contribution >= 4 is 28.8 Å². The van der Waals surface area contributed by atoms with Crippen molar-refractivity contribution in [2.75, 3.05) is 42.9 Å². The van der Waals surface area contributed by atoms with Crippen LogP contribution in [0.5, 0.6) is 0 Å². The largest absolute Gasteiger partial charge is 0.503 e. The van der Waals surface area contributed by atoms with E-state index in [1.54, 1.807) is 6.07 Å². The quantitative estimate of drug-likeness (QED) is 0.590. The van der Waals surface area contributed by atoms with E-state index in [1.165, 1.54) is 17.2 Å². The lowest BCUT2D eigenvalue weighted by molar-refractivity contribution is -0.117. The molecule has 2 aromatic carbocycles. The molecule has 0 saturated heterocycles. The second-order valence-electron chi connectivity index (χ2n) is 8.04. The Morgan fingerprint density at radius 3 is 1.97 bits per heavy atom. The Labute approximate surface area is 186 Å². The zero-order valence-electron chi connectivity index (χ0n) is 18.4. The van der Waals surface area contributed by atoms with Crippen LogP contribution in [0.25, 0.3) is 0 Å². The van der Waals surface area contributed by atoms with Crippen molar-refractivity contribution in [2.24, 2.45) is 0 Å². The molecule has 1 amide bonds. The molecule has 32 heavy (non-hydrogen) atoms. The van der Waals surface area contributed by atoms with E-state index in [-0.39, 0.29) is 11.3 Å². The second kappa shape index (κ2) is 8.26. The summed E-state index contributed by atoms with van der Waals surface area (Å²) in [5, 5.41) is 10.8. The maximum atomic E-state index is 13.2. The van der Waals surface area contributed by atoms with Crippen LogP contribution < -0.4 is 14.7 Å². The van der Waals surface area contributed by atoms with Gasteiger partial charge < -0.3 is 19.3 Å². The minimum atomic E-state index is -0.790. The van der Waals surface area contributed by atoms with Crippen molar-refractivity contribution in [2.45, 2.75) is 6.04 Å². The third kappa shape index (κ3) is 3.62. The molecule has 1 unspecified atom stereocenters. The van der Waals surface area contributed by atoms with E-state index in [2.05, 4.69) is 0 Å². The van der Waals surface area contributed by atoms with Gasteiger partial charge >= 0.3 is 0 Å². The van der Waals surface area contributed by atoms with Crippen LogP contribution in [0.3, 0.4) is 0 Å². The normalized spacial score (nSPS) is 15.9. The van der Waals surface area contributed by atoms with Gasteiger partial charge in [-0.05, 0) is 54.1 Å². The SMILES string of the molecule is CN(C)c1ccc(C2C(C(=O)c3ccco3)=C(O)C(=O)N2c2ccc(N(C)C)cc2)cc1. The average Bonchev–Trinajstić information content (AvgIpc) is 3.41. The highest BCUT2D eigenvalue weighted by molar-refractivity contribution is 6.20. The van der Waals surface area contributed by atoms with Crippen molar-refractivity contribution < 1.29 is 19.1 Å². The first kappa shape index (κ1) is 21.2. The van der Waals surface area contributed by atoms with Gasteiger partial charge in [0.05, 0.1) is 17.9 Å². The Hall–Kier alpha value is -4.00. The fourth-order valence-electron chi connectivity index (χ4n) is 3.83. The van der Waals surface area contributed by atoms with Crippen LogP contribution in [0.2, 0.25) is 0 Å². The van der Waals surface area contributed by atoms with Crippen molar-refractivity contribution in [3.63, 3.8) is 0 Å². The summed E-state index contributed by atoms with van der Waals surface area (Å²) in [6.07, 6.45) is 1.39. The van der Waals surface area contributed by atoms with Gasteiger partial charge in [-0.25, -0.2) is 0 Å². The van der Waals surface area contributed by atoms with Crippen LogP contribution in [-0.2, 0) is 4.79 Å². The van der Waals surface area contributed by atoms with E-state index < -0.39 is 23.5 Å². The van der Waals surface area contributed by atoms with Gasteiger partial charge in [0.25, 0.3) is 5.91 Å². The smallest absolute Gasteiger partial charge is 0.294 e. The number of ketones is 1. The molecule has 1 aromatic heterocycles. The highest BCUT2D eigenvalue weighted by Gasteiger charge is 2.45. The molecule has 1 atom stereocenters. The standard InChI is InChI=1S/C25H25N3O4/c1-26(2)17-9-7-16(8-10-17)22-21(23(29)20-6-5-15-32-20)24(30)25(31)28(22)19-13-11-18(12-14-19)27(3)4/h5-15,22,30H,1-4H3. The summed E-state index contributed by atoms with van der Waals surface area (Å²) >= 11 is 0. The number of Topliss-reactive ketones (excluding diaryl/α,β-unsaturated/α-hetero) is 1. The van der Waals surface area contributed by atoms with Crippen molar-refractivity contribution in [3.05, 3.63) is 89.6 Å². The first-order valence-electron chi connectivity index (χ1n) is 10.2. The number of furan rings is 1. The van der Waals surface area contributed by atoms with Crippen LogP contribution in [0.1, 0.15) is 22.2 Å². The number of carbonyl (C=O) groups excluding carboxylic acids is 2. The van der Waals surface area contributed by atoms with Gasteiger partial charge in [0.2, 0.25) is 5.78 Å². The van der Waals surface area contributed by atoms with E-state index in [9.17, 15) is 14.7 Å². The Bertz CT molecular complexity index is 1160. The molecule has 2 heterocycles. The summed E-state index contributed by atoms with van der Waals surface area (Å²) in [5.74, 6) is -1.64. The Kier molecular flexibility index (Phi) is 5.48. The maximum Gasteiger partial charge on any atom is 0.294 e. The van der Waals surface area contributed by atoms with Gasteiger partial charge in [0.1, 0.15) is 0 Å². The zero-order valence-corrected chi connectivity index (χ0v) is 18.4. The molecule has 7 heteroatoms. The fourth-order valence-corrected chi connectivity index (χ4v) is 3.83. The maximum absolute atomic E-state index is 13.2. The number of aliphatic hydroxyl groups excluding tert-OH is 1.